The number of likely N-dealkylation sites (N-methyl/N-ethyl adjacent to an activating group) is 1. The first-order chi connectivity index (χ1) is 21.4. The first kappa shape index (κ1) is 32.7. The first-order valence-corrected chi connectivity index (χ1v) is 15.3. The molecule has 0 unspecified atom stereocenters. The molecule has 0 spiro atoms. The monoisotopic (exact) mass is 644 g/mol. The van der Waals surface area contributed by atoms with Crippen LogP contribution in [-0.4, -0.2) is 89.5 Å². The van der Waals surface area contributed by atoms with Gasteiger partial charge in [0, 0.05) is 44.2 Å². The summed E-state index contributed by atoms with van der Waals surface area (Å²) in [6.07, 6.45) is 0.339. The van der Waals surface area contributed by atoms with Crippen LogP contribution in [-0.2, 0) is 27.8 Å². The number of fused-ring (bicyclic) bond motifs is 1. The summed E-state index contributed by atoms with van der Waals surface area (Å²) in [6.45, 7) is 7.50. The third-order valence-electron chi connectivity index (χ3n) is 9.50. The van der Waals surface area contributed by atoms with Crippen LogP contribution in [0.25, 0.3) is 0 Å². The highest BCUT2D eigenvalue weighted by Crippen LogP contribution is 2.46. The zero-order valence-corrected chi connectivity index (χ0v) is 26.3. The number of carbonyl (C=O) groups is 2. The van der Waals surface area contributed by atoms with Crippen molar-refractivity contribution < 1.29 is 27.5 Å². The molecule has 4 atom stereocenters. The molecule has 1 amide bonds. The van der Waals surface area contributed by atoms with E-state index in [9.17, 15) is 28.0 Å². The van der Waals surface area contributed by atoms with Crippen LogP contribution < -0.4 is 9.64 Å². The van der Waals surface area contributed by atoms with Crippen LogP contribution in [0.1, 0.15) is 48.6 Å². The molecule has 2 saturated heterocycles. The van der Waals surface area contributed by atoms with Gasteiger partial charge in [-0.1, -0.05) is 24.2 Å². The maximum atomic E-state index is 14.3. The van der Waals surface area contributed by atoms with Crippen LogP contribution in [0, 0.1) is 24.1 Å². The van der Waals surface area contributed by atoms with Crippen molar-refractivity contribution in [2.24, 2.45) is 0 Å². The molecule has 2 aliphatic heterocycles. The van der Waals surface area contributed by atoms with Gasteiger partial charge in [-0.25, -0.2) is 13.2 Å². The Morgan fingerprint density at radius 1 is 1.24 bits per heavy atom. The van der Waals surface area contributed by atoms with Crippen LogP contribution in [0.5, 0.6) is 6.01 Å². The van der Waals surface area contributed by atoms with Gasteiger partial charge in [0.05, 0.1) is 34.7 Å². The number of hydrogen-bond donors (Lipinski definition) is 0. The van der Waals surface area contributed by atoms with Crippen LogP contribution in [0.2, 0.25) is 5.02 Å². The zero-order chi connectivity index (χ0) is 32.6. The van der Waals surface area contributed by atoms with Crippen LogP contribution in [0.15, 0.2) is 24.5 Å². The number of likely N-dealkylation sites (tertiary alicyclic amines) is 1. The number of hydrogen-bond acceptors (Lipinski definition) is 8. The molecule has 45 heavy (non-hydrogen) atoms. The molecule has 0 N–H and O–H groups in total. The van der Waals surface area contributed by atoms with Crippen LogP contribution in [0.4, 0.5) is 19.0 Å². The number of amides is 1. The average molecular weight is 645 g/mol. The number of nitriles is 1. The summed E-state index contributed by atoms with van der Waals surface area (Å²) in [7, 11) is 1.82. The molecule has 2 fully saturated rings. The molecule has 3 aliphatic rings. The largest absolute Gasteiger partial charge is 0.462 e. The lowest BCUT2D eigenvalue weighted by Gasteiger charge is -2.41. The van der Waals surface area contributed by atoms with Gasteiger partial charge in [0.1, 0.15) is 30.2 Å². The van der Waals surface area contributed by atoms with Gasteiger partial charge in [0.2, 0.25) is 0 Å². The van der Waals surface area contributed by atoms with Gasteiger partial charge in [-0.3, -0.25) is 14.5 Å². The van der Waals surface area contributed by atoms with Gasteiger partial charge in [0.25, 0.3) is 5.91 Å². The summed E-state index contributed by atoms with van der Waals surface area (Å²) in [5.74, 6) is -2.12. The quantitative estimate of drug-likeness (QED) is 0.370. The normalized spacial score (nSPS) is 24.8. The van der Waals surface area contributed by atoms with E-state index in [2.05, 4.69) is 12.6 Å². The minimum atomic E-state index is -1.10. The number of alkyl halides is 1. The van der Waals surface area contributed by atoms with Gasteiger partial charge in [0.15, 0.2) is 5.83 Å². The predicted molar refractivity (Wildman–Crippen MR) is 162 cm³/mol. The van der Waals surface area contributed by atoms with Crippen molar-refractivity contribution in [3.05, 3.63) is 57.8 Å². The van der Waals surface area contributed by atoms with Crippen molar-refractivity contribution in [2.75, 3.05) is 44.7 Å². The molecule has 3 heterocycles. The highest BCUT2D eigenvalue weighted by atomic mass is 35.5. The Bertz CT molecular complexity index is 1570. The van der Waals surface area contributed by atoms with Crippen LogP contribution in [0.3, 0.4) is 0 Å². The predicted octanol–water partition coefficient (Wildman–Crippen LogP) is 4.43. The number of rotatable bonds is 9. The van der Waals surface area contributed by atoms with E-state index < -0.39 is 35.2 Å². The van der Waals surface area contributed by atoms with E-state index in [0.29, 0.717) is 54.0 Å². The van der Waals surface area contributed by atoms with Crippen LogP contribution >= 0.6 is 11.6 Å². The summed E-state index contributed by atoms with van der Waals surface area (Å²) < 4.78 is 48.3. The van der Waals surface area contributed by atoms with Crippen molar-refractivity contribution in [3.63, 3.8) is 0 Å². The average Bonchev–Trinajstić information content (AvgIpc) is 3.54. The Kier molecular flexibility index (Phi) is 9.42. The van der Waals surface area contributed by atoms with E-state index in [1.54, 1.807) is 6.07 Å². The number of nitrogens with zero attached hydrogens (tertiary/aromatic N) is 6. The summed E-state index contributed by atoms with van der Waals surface area (Å²) >= 11 is 6.33. The number of ketones is 1. The zero-order valence-electron chi connectivity index (χ0n) is 25.6. The molecule has 13 heteroatoms. The Labute approximate surface area is 265 Å². The molecule has 240 valence electrons. The van der Waals surface area contributed by atoms with E-state index in [4.69, 9.17) is 26.3 Å². The van der Waals surface area contributed by atoms with Crippen molar-refractivity contribution in [3.8, 4) is 12.1 Å². The fraction of sp³-hybridized carbons (Fsp3) is 0.531. The molecule has 9 nitrogen and oxygen atoms in total. The Hall–Kier alpha value is -3.69. The van der Waals surface area contributed by atoms with E-state index >= 15 is 0 Å². The van der Waals surface area contributed by atoms with Crippen molar-refractivity contribution in [1.82, 2.24) is 19.8 Å². The Morgan fingerprint density at radius 3 is 2.64 bits per heavy atom. The minimum absolute atomic E-state index is 0.0125. The summed E-state index contributed by atoms with van der Waals surface area (Å²) in [4.78, 5) is 40.4. The van der Waals surface area contributed by atoms with E-state index in [-0.39, 0.29) is 61.9 Å². The molecular weight excluding hydrogens is 609 g/mol. The molecule has 0 bridgehead atoms. The SMILES string of the molecule is C=C(F)C(=O)N1CCN(c2nc(OC[C@@H]3C[C@@H](F)CN3C)nc(C[C@@]3(C(C)=O)CCc4c3ccc(F)c4Cl)c2C)C[C@@H]1CC#N. The van der Waals surface area contributed by atoms with Gasteiger partial charge < -0.3 is 14.5 Å². The molecular formula is C32H36ClF3N6O3. The number of Topliss-reactive ketones (excluding diaryl/α,β-unsaturated/α-hetero) is 1. The second-order valence-corrected chi connectivity index (χ2v) is 12.6. The number of carbonyl (C=O) groups excluding carboxylic acids is 2. The third-order valence-corrected chi connectivity index (χ3v) is 9.91. The first-order valence-electron chi connectivity index (χ1n) is 15.0. The Balaban J connectivity index is 1.53. The van der Waals surface area contributed by atoms with Gasteiger partial charge in [-0.05, 0) is 57.4 Å². The number of aromatic nitrogens is 2. The molecule has 5 rings (SSSR count). The van der Waals surface area contributed by atoms with Crippen molar-refractivity contribution in [1.29, 1.82) is 5.26 Å². The summed E-state index contributed by atoms with van der Waals surface area (Å²) in [6, 6.07) is 4.20. The van der Waals surface area contributed by atoms with E-state index in [1.807, 2.05) is 23.8 Å². The molecule has 1 aliphatic carbocycles. The lowest BCUT2D eigenvalue weighted by molar-refractivity contribution is -0.131. The topological polar surface area (TPSA) is 103 Å². The third kappa shape index (κ3) is 6.25. The van der Waals surface area contributed by atoms with Gasteiger partial charge >= 0.3 is 6.01 Å². The lowest BCUT2D eigenvalue weighted by Crippen LogP contribution is -2.55. The van der Waals surface area contributed by atoms with Crippen molar-refractivity contribution >= 4 is 29.1 Å². The summed E-state index contributed by atoms with van der Waals surface area (Å²) in [5, 5.41) is 9.48. The highest BCUT2D eigenvalue weighted by molar-refractivity contribution is 6.31. The maximum absolute atomic E-state index is 14.3. The smallest absolute Gasteiger partial charge is 0.318 e. The van der Waals surface area contributed by atoms with Gasteiger partial charge in [-0.15, -0.1) is 0 Å². The highest BCUT2D eigenvalue weighted by Gasteiger charge is 2.45. The molecule has 0 radical (unpaired) electrons. The molecule has 2 aromatic rings. The fourth-order valence-electron chi connectivity index (χ4n) is 6.92. The van der Waals surface area contributed by atoms with E-state index in [0.717, 1.165) is 0 Å². The van der Waals surface area contributed by atoms with E-state index in [1.165, 1.54) is 17.9 Å². The standard InChI is InChI=1S/C32H36ClF3N6O3/c1-18-27(14-32(20(3)43)9-7-24-25(32)5-6-26(36)28(24)33)38-31(45-17-23-13-21(35)15-40(23)4)39-29(18)41-11-12-42(30(44)19(2)34)22(16-41)8-10-37/h5-6,21-23H,2,7-9,11-17H2,1,3-4H3/t21-,22+,23+,32-/m1/s1. The second kappa shape index (κ2) is 13.0. The number of halogens is 4. The molecule has 0 saturated carbocycles. The molecule has 1 aromatic heterocycles. The lowest BCUT2D eigenvalue weighted by atomic mass is 9.74. The minimum Gasteiger partial charge on any atom is -0.462 e. The number of benzene rings is 1. The molecule has 1 aromatic carbocycles. The number of anilines is 1. The number of ether oxygens (including phenoxy) is 1. The van der Waals surface area contributed by atoms with Crippen molar-refractivity contribution in [2.45, 2.75) is 69.6 Å². The maximum Gasteiger partial charge on any atom is 0.318 e. The second-order valence-electron chi connectivity index (χ2n) is 12.2. The van der Waals surface area contributed by atoms with Gasteiger partial charge in [-0.2, -0.15) is 15.2 Å². The summed E-state index contributed by atoms with van der Waals surface area (Å²) in [5.41, 5.74) is 1.46. The Morgan fingerprint density at radius 2 is 2.00 bits per heavy atom. The fourth-order valence-corrected chi connectivity index (χ4v) is 7.18. The number of piperazine rings is 1.